The van der Waals surface area contributed by atoms with Gasteiger partial charge in [0.05, 0.1) is 6.20 Å². The van der Waals surface area contributed by atoms with E-state index in [1.165, 1.54) is 17.7 Å². The molecule has 0 bridgehead atoms. The lowest BCUT2D eigenvalue weighted by Gasteiger charge is -2.23. The Morgan fingerprint density at radius 1 is 1.47 bits per heavy atom. The van der Waals surface area contributed by atoms with Crippen LogP contribution in [0.5, 0.6) is 0 Å². The highest BCUT2D eigenvalue weighted by atomic mass is 15.3. The van der Waals surface area contributed by atoms with Crippen molar-refractivity contribution in [2.24, 2.45) is 13.0 Å². The number of rotatable bonds is 5. The van der Waals surface area contributed by atoms with Crippen LogP contribution in [0.15, 0.2) is 6.20 Å². The lowest BCUT2D eigenvalue weighted by Crippen LogP contribution is -2.27. The van der Waals surface area contributed by atoms with Crippen LogP contribution in [-0.2, 0) is 7.05 Å². The smallest absolute Gasteiger partial charge is 0.0540 e. The Bertz CT molecular complexity index is 304. The lowest BCUT2D eigenvalue weighted by molar-refractivity contribution is 0.382. The number of nitrogens with one attached hydrogen (secondary N) is 1. The predicted octanol–water partition coefficient (Wildman–Crippen LogP) is 2.43. The van der Waals surface area contributed by atoms with Crippen LogP contribution in [-0.4, -0.2) is 16.3 Å². The Labute approximate surface area is 92.9 Å². The standard InChI is InChI=1S/C12H23N3/c1-6-9(3)12(13-7-2)11-8-14-15(5)10(11)4/h8-9,12-13H,6-7H2,1-5H3. The minimum Gasteiger partial charge on any atom is -0.310 e. The Balaban J connectivity index is 2.93. The molecule has 0 fully saturated rings. The molecule has 2 atom stereocenters. The van der Waals surface area contributed by atoms with Crippen LogP contribution in [0, 0.1) is 12.8 Å². The van der Waals surface area contributed by atoms with Crippen molar-refractivity contribution in [1.29, 1.82) is 0 Å². The van der Waals surface area contributed by atoms with Crippen molar-refractivity contribution in [3.63, 3.8) is 0 Å². The van der Waals surface area contributed by atoms with E-state index in [0.717, 1.165) is 6.54 Å². The largest absolute Gasteiger partial charge is 0.310 e. The van der Waals surface area contributed by atoms with Gasteiger partial charge in [0.25, 0.3) is 0 Å². The fourth-order valence-electron chi connectivity index (χ4n) is 1.89. The molecule has 0 saturated heterocycles. The summed E-state index contributed by atoms with van der Waals surface area (Å²) in [6.45, 7) is 9.82. The molecule has 0 aliphatic heterocycles. The van der Waals surface area contributed by atoms with Crippen LogP contribution in [0.2, 0.25) is 0 Å². The second-order valence-electron chi connectivity index (χ2n) is 4.23. The highest BCUT2D eigenvalue weighted by Gasteiger charge is 2.20. The van der Waals surface area contributed by atoms with E-state index in [9.17, 15) is 0 Å². The molecule has 3 nitrogen and oxygen atoms in total. The Morgan fingerprint density at radius 2 is 2.13 bits per heavy atom. The lowest BCUT2D eigenvalue weighted by atomic mass is 9.93. The van der Waals surface area contributed by atoms with E-state index in [-0.39, 0.29) is 0 Å². The quantitative estimate of drug-likeness (QED) is 0.807. The highest BCUT2D eigenvalue weighted by Crippen LogP contribution is 2.26. The first-order valence-corrected chi connectivity index (χ1v) is 5.83. The molecule has 0 saturated carbocycles. The van der Waals surface area contributed by atoms with Crippen molar-refractivity contribution in [3.8, 4) is 0 Å². The average Bonchev–Trinajstić information content (AvgIpc) is 2.56. The molecule has 0 aliphatic carbocycles. The third-order valence-corrected chi connectivity index (χ3v) is 3.25. The summed E-state index contributed by atoms with van der Waals surface area (Å²) in [5.74, 6) is 0.646. The summed E-state index contributed by atoms with van der Waals surface area (Å²) in [4.78, 5) is 0. The van der Waals surface area contributed by atoms with E-state index in [1.807, 2.05) is 17.9 Å². The summed E-state index contributed by atoms with van der Waals surface area (Å²) in [5.41, 5.74) is 2.61. The van der Waals surface area contributed by atoms with Crippen LogP contribution < -0.4 is 5.32 Å². The van der Waals surface area contributed by atoms with E-state index in [4.69, 9.17) is 0 Å². The molecular formula is C12H23N3. The van der Waals surface area contributed by atoms with Gasteiger partial charge >= 0.3 is 0 Å². The molecule has 2 unspecified atom stereocenters. The predicted molar refractivity (Wildman–Crippen MR) is 63.8 cm³/mol. The Hall–Kier alpha value is -0.830. The van der Waals surface area contributed by atoms with Crippen molar-refractivity contribution in [2.45, 2.75) is 40.2 Å². The molecule has 15 heavy (non-hydrogen) atoms. The second-order valence-corrected chi connectivity index (χ2v) is 4.23. The molecule has 1 aromatic heterocycles. The summed E-state index contributed by atoms with van der Waals surface area (Å²) in [6, 6.07) is 0.439. The molecule has 0 amide bonds. The van der Waals surface area contributed by atoms with E-state index in [2.05, 4.69) is 38.1 Å². The van der Waals surface area contributed by atoms with Gasteiger partial charge in [-0.05, 0) is 19.4 Å². The first kappa shape index (κ1) is 12.2. The maximum atomic E-state index is 4.31. The zero-order valence-corrected chi connectivity index (χ0v) is 10.5. The molecule has 1 N–H and O–H groups in total. The van der Waals surface area contributed by atoms with Crippen molar-refractivity contribution in [3.05, 3.63) is 17.5 Å². The van der Waals surface area contributed by atoms with Crippen LogP contribution in [0.1, 0.15) is 44.5 Å². The van der Waals surface area contributed by atoms with Gasteiger partial charge in [0, 0.05) is 24.3 Å². The van der Waals surface area contributed by atoms with Crippen molar-refractivity contribution >= 4 is 0 Å². The van der Waals surface area contributed by atoms with Gasteiger partial charge in [0.15, 0.2) is 0 Å². The number of hydrogen-bond acceptors (Lipinski definition) is 2. The fraction of sp³-hybridized carbons (Fsp3) is 0.750. The molecule has 0 radical (unpaired) electrons. The van der Waals surface area contributed by atoms with Crippen molar-refractivity contribution < 1.29 is 0 Å². The van der Waals surface area contributed by atoms with Crippen LogP contribution in [0.3, 0.4) is 0 Å². The zero-order chi connectivity index (χ0) is 11.4. The second kappa shape index (κ2) is 5.31. The van der Waals surface area contributed by atoms with Gasteiger partial charge in [-0.3, -0.25) is 4.68 Å². The summed E-state index contributed by atoms with van der Waals surface area (Å²) in [7, 11) is 2.00. The minimum atomic E-state index is 0.439. The summed E-state index contributed by atoms with van der Waals surface area (Å²) in [5, 5.41) is 7.86. The van der Waals surface area contributed by atoms with E-state index in [0.29, 0.717) is 12.0 Å². The van der Waals surface area contributed by atoms with Crippen LogP contribution in [0.25, 0.3) is 0 Å². The molecule has 86 valence electrons. The van der Waals surface area contributed by atoms with Gasteiger partial charge in [-0.25, -0.2) is 0 Å². The number of hydrogen-bond donors (Lipinski definition) is 1. The van der Waals surface area contributed by atoms with Gasteiger partial charge in [-0.2, -0.15) is 5.10 Å². The van der Waals surface area contributed by atoms with Gasteiger partial charge in [-0.1, -0.05) is 27.2 Å². The molecule has 0 aromatic carbocycles. The molecule has 1 aromatic rings. The van der Waals surface area contributed by atoms with Crippen LogP contribution in [0.4, 0.5) is 0 Å². The zero-order valence-electron chi connectivity index (χ0n) is 10.5. The summed E-state index contributed by atoms with van der Waals surface area (Å²) in [6.07, 6.45) is 3.18. The normalized spacial score (nSPS) is 15.3. The maximum Gasteiger partial charge on any atom is 0.0540 e. The van der Waals surface area contributed by atoms with Crippen LogP contribution >= 0.6 is 0 Å². The molecule has 1 heterocycles. The van der Waals surface area contributed by atoms with Gasteiger partial charge in [0.2, 0.25) is 0 Å². The van der Waals surface area contributed by atoms with Gasteiger partial charge < -0.3 is 5.32 Å². The third kappa shape index (κ3) is 2.59. The molecule has 0 aliphatic rings. The number of nitrogens with zero attached hydrogens (tertiary/aromatic N) is 2. The average molecular weight is 209 g/mol. The monoisotopic (exact) mass is 209 g/mol. The highest BCUT2D eigenvalue weighted by molar-refractivity contribution is 5.21. The first-order valence-electron chi connectivity index (χ1n) is 5.83. The van der Waals surface area contributed by atoms with E-state index < -0.39 is 0 Å². The molecule has 3 heteroatoms. The Morgan fingerprint density at radius 3 is 2.53 bits per heavy atom. The molecule has 1 rings (SSSR count). The summed E-state index contributed by atoms with van der Waals surface area (Å²) >= 11 is 0. The SMILES string of the molecule is CCNC(c1cnn(C)c1C)C(C)CC. The summed E-state index contributed by atoms with van der Waals surface area (Å²) < 4.78 is 1.95. The van der Waals surface area contributed by atoms with E-state index in [1.54, 1.807) is 0 Å². The minimum absolute atomic E-state index is 0.439. The van der Waals surface area contributed by atoms with E-state index >= 15 is 0 Å². The van der Waals surface area contributed by atoms with Crippen molar-refractivity contribution in [2.75, 3.05) is 6.54 Å². The van der Waals surface area contributed by atoms with Gasteiger partial charge in [-0.15, -0.1) is 0 Å². The fourth-order valence-corrected chi connectivity index (χ4v) is 1.89. The number of aromatic nitrogens is 2. The van der Waals surface area contributed by atoms with Gasteiger partial charge in [0.1, 0.15) is 0 Å². The topological polar surface area (TPSA) is 29.9 Å². The maximum absolute atomic E-state index is 4.31. The number of aryl methyl sites for hydroxylation is 1. The molecule has 0 spiro atoms. The van der Waals surface area contributed by atoms with Crippen molar-refractivity contribution in [1.82, 2.24) is 15.1 Å². The third-order valence-electron chi connectivity index (χ3n) is 3.25. The Kier molecular flexibility index (Phi) is 4.33. The molecular weight excluding hydrogens is 186 g/mol. The first-order chi connectivity index (χ1) is 7.11.